The average Bonchev–Trinajstić information content (AvgIpc) is 2.40. The van der Waals surface area contributed by atoms with Crippen LogP contribution in [0.4, 0.5) is 5.69 Å². The van der Waals surface area contributed by atoms with Crippen LogP contribution in [0.15, 0.2) is 48.5 Å². The molecule has 2 rings (SSSR count). The molecule has 0 unspecified atom stereocenters. The second-order valence-electron chi connectivity index (χ2n) is 3.60. The molecule has 2 aromatic carbocycles. The van der Waals surface area contributed by atoms with Gasteiger partial charge in [-0.3, -0.25) is 10.1 Å². The number of ether oxygens (including phenoxy) is 1. The summed E-state index contributed by atoms with van der Waals surface area (Å²) in [7, 11) is 0. The highest BCUT2D eigenvalue weighted by molar-refractivity contribution is 6.17. The average molecular weight is 264 g/mol. The lowest BCUT2D eigenvalue weighted by Crippen LogP contribution is -1.93. The number of halogens is 1. The smallest absolute Gasteiger partial charge is 0.270 e. The first-order chi connectivity index (χ1) is 8.70. The number of hydrogen-bond donors (Lipinski definition) is 0. The van der Waals surface area contributed by atoms with E-state index in [2.05, 4.69) is 0 Å². The molecule has 0 heterocycles. The number of hydrogen-bond acceptors (Lipinski definition) is 3. The summed E-state index contributed by atoms with van der Waals surface area (Å²) in [5.74, 6) is 1.35. The number of nitro groups is 1. The van der Waals surface area contributed by atoms with Gasteiger partial charge in [-0.05, 0) is 18.2 Å². The Bertz CT molecular complexity index is 557. The number of benzene rings is 2. The molecule has 92 valence electrons. The third-order valence-corrected chi connectivity index (χ3v) is 2.66. The first-order valence-electron chi connectivity index (χ1n) is 5.27. The van der Waals surface area contributed by atoms with Gasteiger partial charge in [-0.2, -0.15) is 0 Å². The molecule has 5 heteroatoms. The molecule has 0 aliphatic carbocycles. The molecule has 0 spiro atoms. The molecule has 0 radical (unpaired) electrons. The summed E-state index contributed by atoms with van der Waals surface area (Å²) < 4.78 is 5.63. The lowest BCUT2D eigenvalue weighted by Gasteiger charge is -2.09. The normalized spacial score (nSPS) is 10.1. The summed E-state index contributed by atoms with van der Waals surface area (Å²) >= 11 is 5.77. The van der Waals surface area contributed by atoms with Crippen molar-refractivity contribution in [2.24, 2.45) is 0 Å². The Hall–Kier alpha value is -2.07. The second kappa shape index (κ2) is 5.51. The van der Waals surface area contributed by atoms with E-state index in [0.717, 1.165) is 0 Å². The van der Waals surface area contributed by atoms with Crippen LogP contribution in [0.2, 0.25) is 0 Å². The standard InChI is InChI=1S/C13H10ClNO3/c14-9-10-8-11(15(16)17)6-7-13(10)18-12-4-2-1-3-5-12/h1-8H,9H2. The van der Waals surface area contributed by atoms with Gasteiger partial charge in [0, 0.05) is 17.7 Å². The lowest BCUT2D eigenvalue weighted by molar-refractivity contribution is -0.384. The summed E-state index contributed by atoms with van der Waals surface area (Å²) in [6.07, 6.45) is 0. The fraction of sp³-hybridized carbons (Fsp3) is 0.0769. The van der Waals surface area contributed by atoms with E-state index in [0.29, 0.717) is 17.1 Å². The van der Waals surface area contributed by atoms with Gasteiger partial charge < -0.3 is 4.74 Å². The van der Waals surface area contributed by atoms with Crippen LogP contribution in [0.25, 0.3) is 0 Å². The van der Waals surface area contributed by atoms with E-state index in [1.165, 1.54) is 12.1 Å². The first-order valence-corrected chi connectivity index (χ1v) is 5.80. The third kappa shape index (κ3) is 2.78. The molecule has 4 nitrogen and oxygen atoms in total. The topological polar surface area (TPSA) is 52.4 Å². The van der Waals surface area contributed by atoms with Crippen molar-refractivity contribution in [2.45, 2.75) is 5.88 Å². The third-order valence-electron chi connectivity index (χ3n) is 2.37. The fourth-order valence-electron chi connectivity index (χ4n) is 1.50. The SMILES string of the molecule is O=[N+]([O-])c1ccc(Oc2ccccc2)c(CCl)c1. The number of non-ortho nitro benzene ring substituents is 1. The van der Waals surface area contributed by atoms with Crippen molar-refractivity contribution < 1.29 is 9.66 Å². The highest BCUT2D eigenvalue weighted by Gasteiger charge is 2.11. The van der Waals surface area contributed by atoms with Crippen molar-refractivity contribution in [1.82, 2.24) is 0 Å². The zero-order valence-corrected chi connectivity index (χ0v) is 10.1. The van der Waals surface area contributed by atoms with E-state index in [9.17, 15) is 10.1 Å². The molecule has 0 N–H and O–H groups in total. The zero-order valence-electron chi connectivity index (χ0n) is 9.38. The van der Waals surface area contributed by atoms with Crippen LogP contribution < -0.4 is 4.74 Å². The van der Waals surface area contributed by atoms with Crippen LogP contribution in [-0.4, -0.2) is 4.92 Å². The van der Waals surface area contributed by atoms with Gasteiger partial charge in [-0.1, -0.05) is 18.2 Å². The lowest BCUT2D eigenvalue weighted by atomic mass is 10.2. The predicted molar refractivity (Wildman–Crippen MR) is 69.2 cm³/mol. The van der Waals surface area contributed by atoms with E-state index in [1.807, 2.05) is 18.2 Å². The molecule has 0 saturated heterocycles. The van der Waals surface area contributed by atoms with E-state index in [4.69, 9.17) is 16.3 Å². The molecule has 0 aliphatic rings. The Labute approximate surface area is 109 Å². The monoisotopic (exact) mass is 263 g/mol. The molecule has 0 saturated carbocycles. The molecular formula is C13H10ClNO3. The van der Waals surface area contributed by atoms with Crippen molar-refractivity contribution in [3.8, 4) is 11.5 Å². The Kier molecular flexibility index (Phi) is 3.79. The van der Waals surface area contributed by atoms with Gasteiger partial charge in [0.1, 0.15) is 11.5 Å². The van der Waals surface area contributed by atoms with E-state index < -0.39 is 4.92 Å². The number of alkyl halides is 1. The second-order valence-corrected chi connectivity index (χ2v) is 3.87. The van der Waals surface area contributed by atoms with E-state index >= 15 is 0 Å². The van der Waals surface area contributed by atoms with Crippen LogP contribution in [0.3, 0.4) is 0 Å². The molecule has 0 amide bonds. The van der Waals surface area contributed by atoms with Gasteiger partial charge in [-0.15, -0.1) is 11.6 Å². The van der Waals surface area contributed by atoms with Crippen molar-refractivity contribution in [2.75, 3.05) is 0 Å². The van der Waals surface area contributed by atoms with Crippen molar-refractivity contribution >= 4 is 17.3 Å². The van der Waals surface area contributed by atoms with Gasteiger partial charge >= 0.3 is 0 Å². The molecule has 0 aromatic heterocycles. The summed E-state index contributed by atoms with van der Waals surface area (Å²) in [6.45, 7) is 0. The maximum absolute atomic E-state index is 10.7. The number of nitro benzene ring substituents is 1. The van der Waals surface area contributed by atoms with E-state index in [1.54, 1.807) is 18.2 Å². The quantitative estimate of drug-likeness (QED) is 0.473. The summed E-state index contributed by atoms with van der Waals surface area (Å²) in [5.41, 5.74) is 0.598. The maximum Gasteiger partial charge on any atom is 0.270 e. The van der Waals surface area contributed by atoms with Crippen LogP contribution >= 0.6 is 11.6 Å². The molecule has 0 bridgehead atoms. The highest BCUT2D eigenvalue weighted by atomic mass is 35.5. The highest BCUT2D eigenvalue weighted by Crippen LogP contribution is 2.29. The molecule has 0 aliphatic heterocycles. The molecule has 18 heavy (non-hydrogen) atoms. The Balaban J connectivity index is 2.31. The van der Waals surface area contributed by atoms with E-state index in [-0.39, 0.29) is 11.6 Å². The van der Waals surface area contributed by atoms with Crippen molar-refractivity contribution in [3.63, 3.8) is 0 Å². The minimum Gasteiger partial charge on any atom is -0.457 e. The summed E-state index contributed by atoms with van der Waals surface area (Å²) in [5, 5.41) is 10.7. The minimum atomic E-state index is -0.456. The number of rotatable bonds is 4. The largest absolute Gasteiger partial charge is 0.457 e. The molecule has 2 aromatic rings. The molecule has 0 atom stereocenters. The maximum atomic E-state index is 10.7. The first kappa shape index (κ1) is 12.4. The number of para-hydroxylation sites is 1. The Morgan fingerprint density at radius 3 is 2.50 bits per heavy atom. The molecular weight excluding hydrogens is 254 g/mol. The van der Waals surface area contributed by atoms with Gasteiger partial charge in [0.25, 0.3) is 5.69 Å². The van der Waals surface area contributed by atoms with Gasteiger partial charge in [0.15, 0.2) is 0 Å². The van der Waals surface area contributed by atoms with Crippen LogP contribution in [0.5, 0.6) is 11.5 Å². The predicted octanol–water partition coefficient (Wildman–Crippen LogP) is 4.13. The minimum absolute atomic E-state index is 0.00561. The number of nitrogens with zero attached hydrogens (tertiary/aromatic N) is 1. The van der Waals surface area contributed by atoms with Crippen LogP contribution in [0, 0.1) is 10.1 Å². The Morgan fingerprint density at radius 1 is 1.17 bits per heavy atom. The van der Waals surface area contributed by atoms with Crippen molar-refractivity contribution in [3.05, 3.63) is 64.2 Å². The van der Waals surface area contributed by atoms with Crippen molar-refractivity contribution in [1.29, 1.82) is 0 Å². The van der Waals surface area contributed by atoms with Gasteiger partial charge in [0.05, 0.1) is 10.8 Å². The molecule has 0 fully saturated rings. The van der Waals surface area contributed by atoms with Gasteiger partial charge in [-0.25, -0.2) is 0 Å². The fourth-order valence-corrected chi connectivity index (χ4v) is 1.71. The van der Waals surface area contributed by atoms with Crippen LogP contribution in [-0.2, 0) is 5.88 Å². The Morgan fingerprint density at radius 2 is 1.89 bits per heavy atom. The van der Waals surface area contributed by atoms with Crippen LogP contribution in [0.1, 0.15) is 5.56 Å². The summed E-state index contributed by atoms with van der Waals surface area (Å²) in [4.78, 5) is 10.2. The summed E-state index contributed by atoms with van der Waals surface area (Å²) in [6, 6.07) is 13.6. The zero-order chi connectivity index (χ0) is 13.0. The van der Waals surface area contributed by atoms with Gasteiger partial charge in [0.2, 0.25) is 0 Å².